The number of hydrogen-bond acceptors (Lipinski definition) is 21. The van der Waals surface area contributed by atoms with Gasteiger partial charge in [-0.2, -0.15) is 0 Å². The summed E-state index contributed by atoms with van der Waals surface area (Å²) < 4.78 is 23.2. The summed E-state index contributed by atoms with van der Waals surface area (Å²) in [7, 11) is -2.71. The Morgan fingerprint density at radius 3 is 1.64 bits per heavy atom. The molecule has 0 bridgehead atoms. The van der Waals surface area contributed by atoms with Gasteiger partial charge in [0, 0.05) is 22.8 Å². The van der Waals surface area contributed by atoms with Gasteiger partial charge in [-0.25, -0.2) is 0 Å². The summed E-state index contributed by atoms with van der Waals surface area (Å²) in [5, 5.41) is 159. The predicted molar refractivity (Wildman–Crippen MR) is 179 cm³/mol. The van der Waals surface area contributed by atoms with Crippen molar-refractivity contribution in [1.29, 1.82) is 0 Å². The van der Waals surface area contributed by atoms with Gasteiger partial charge in [0.1, 0.15) is 22.2 Å². The molecule has 300 valence electrons. The molecule has 3 unspecified atom stereocenters. The van der Waals surface area contributed by atoms with Crippen LogP contribution in [0.5, 0.6) is 63.2 Å². The Kier molecular flexibility index (Phi) is 12.5. The molecule has 3 aromatic carbocycles. The first kappa shape index (κ1) is 43.4. The molecule has 0 aliphatic carbocycles. The minimum atomic E-state index is -4.00. The van der Waals surface area contributed by atoms with Crippen molar-refractivity contribution in [3.63, 3.8) is 0 Å². The molecule has 0 heterocycles. The lowest BCUT2D eigenvalue weighted by molar-refractivity contribution is -0.419. The van der Waals surface area contributed by atoms with Crippen LogP contribution in [0.15, 0.2) is 18.2 Å². The van der Waals surface area contributed by atoms with Gasteiger partial charge in [-0.1, -0.05) is 11.8 Å². The SMILES string of the molecule is CCOc1cc(C(O)(O)C(O)(O)NC(=O)CC(C(C)=O)S(=O)C(C)c2c(O)c(O)c(C#Cc3c(O)c(O)c(O)c(O)c3O)c(O)c2O)ccc1OC(O)(O)O. The van der Waals surface area contributed by atoms with Crippen molar-refractivity contribution in [3.8, 4) is 75.1 Å². The second-order valence-electron chi connectivity index (χ2n) is 11.5. The van der Waals surface area contributed by atoms with E-state index >= 15 is 0 Å². The number of phenolic OH excluding ortho intramolecular Hbond substituents is 9. The van der Waals surface area contributed by atoms with Crippen molar-refractivity contribution in [2.24, 2.45) is 0 Å². The van der Waals surface area contributed by atoms with Gasteiger partial charge < -0.3 is 96.5 Å². The summed E-state index contributed by atoms with van der Waals surface area (Å²) in [5.41, 5.74) is -3.66. The number of rotatable bonds is 13. The predicted octanol–water partition coefficient (Wildman–Crippen LogP) is -2.45. The Morgan fingerprint density at radius 1 is 0.745 bits per heavy atom. The Hall–Kier alpha value is -5.97. The van der Waals surface area contributed by atoms with Crippen molar-refractivity contribution >= 4 is 22.5 Å². The average molecular weight is 802 g/mol. The van der Waals surface area contributed by atoms with Crippen LogP contribution in [0.1, 0.15) is 54.7 Å². The van der Waals surface area contributed by atoms with Gasteiger partial charge in [-0.15, -0.1) is 0 Å². The summed E-state index contributed by atoms with van der Waals surface area (Å²) in [6.45, 7) is 3.12. The molecule has 3 atom stereocenters. The molecule has 0 fully saturated rings. The van der Waals surface area contributed by atoms with E-state index < -0.39 is 143 Å². The highest BCUT2D eigenvalue weighted by molar-refractivity contribution is 7.86. The van der Waals surface area contributed by atoms with Crippen LogP contribution in [0, 0.1) is 11.8 Å². The highest BCUT2D eigenvalue weighted by Crippen LogP contribution is 2.52. The first-order valence-corrected chi connectivity index (χ1v) is 16.4. The van der Waals surface area contributed by atoms with Crippen molar-refractivity contribution in [2.75, 3.05) is 6.61 Å². The van der Waals surface area contributed by atoms with Crippen molar-refractivity contribution < 1.29 is 105 Å². The molecule has 0 saturated carbocycles. The fourth-order valence-electron chi connectivity index (χ4n) is 4.83. The van der Waals surface area contributed by atoms with Crippen LogP contribution in [0.2, 0.25) is 0 Å². The highest BCUT2D eigenvalue weighted by atomic mass is 32.2. The average Bonchev–Trinajstić information content (AvgIpc) is 3.08. The van der Waals surface area contributed by atoms with E-state index in [0.29, 0.717) is 12.1 Å². The summed E-state index contributed by atoms with van der Waals surface area (Å²) in [6, 6.07) is 2.17. The van der Waals surface area contributed by atoms with E-state index in [1.165, 1.54) is 12.2 Å². The minimum Gasteiger partial charge on any atom is -0.504 e. The number of phenols is 9. The quantitative estimate of drug-likeness (QED) is 0.0369. The van der Waals surface area contributed by atoms with Gasteiger partial charge in [-0.3, -0.25) is 13.8 Å². The molecule has 3 aromatic rings. The number of Topliss-reactive ketones (excluding diaryl/α,β-unsaturated/α-hetero) is 1. The molecule has 0 saturated heterocycles. The second-order valence-corrected chi connectivity index (χ2v) is 13.4. The molecule has 0 spiro atoms. The third kappa shape index (κ3) is 8.72. The topological polar surface area (TPSA) is 405 Å². The maximum Gasteiger partial charge on any atom is 0.453 e. The molecule has 3 rings (SSSR count). The first-order valence-electron chi connectivity index (χ1n) is 15.1. The monoisotopic (exact) mass is 801 g/mol. The van der Waals surface area contributed by atoms with Crippen LogP contribution in [0.3, 0.4) is 0 Å². The Morgan fingerprint density at radius 2 is 1.20 bits per heavy atom. The molecule has 17 N–H and O–H groups in total. The normalized spacial score (nSPS) is 13.6. The zero-order chi connectivity index (χ0) is 42.1. The highest BCUT2D eigenvalue weighted by Gasteiger charge is 2.51. The van der Waals surface area contributed by atoms with E-state index in [-0.39, 0.29) is 6.61 Å². The summed E-state index contributed by atoms with van der Waals surface area (Å²) in [5.74, 6) is -19.3. The zero-order valence-corrected chi connectivity index (χ0v) is 29.2. The third-order valence-corrected chi connectivity index (χ3v) is 9.66. The number of nitrogens with one attached hydrogen (secondary N) is 1. The standard InChI is InChI=1S/C32H35NO21S/c1-4-53-17-9-13(5-8-16(17)54-32(49,50)51)30(45,46)31(47,48)33-19(35)10-18(11(2)34)55(52)12(3)20-25(40)21(36)14(22(37)26(20)41)6-7-15-23(38)27(42)29(44)28(43)24(15)39/h5,8-9,12,18,36-51H,4,10H2,1-3H3,(H,33,35). The van der Waals surface area contributed by atoms with E-state index in [1.807, 2.05) is 11.8 Å². The lowest BCUT2D eigenvalue weighted by Gasteiger charge is -2.35. The number of hydrogen-bond donors (Lipinski definition) is 17. The number of carbonyl (C=O) groups is 2. The smallest absolute Gasteiger partial charge is 0.453 e. The minimum absolute atomic E-state index is 0.149. The lowest BCUT2D eigenvalue weighted by atomic mass is 10.0. The lowest BCUT2D eigenvalue weighted by Crippen LogP contribution is -2.63. The van der Waals surface area contributed by atoms with Crippen molar-refractivity contribution in [2.45, 2.75) is 55.5 Å². The largest absolute Gasteiger partial charge is 0.504 e. The van der Waals surface area contributed by atoms with Gasteiger partial charge in [0.2, 0.25) is 23.2 Å². The molecule has 0 aliphatic rings. The molecule has 22 nitrogen and oxygen atoms in total. The van der Waals surface area contributed by atoms with Gasteiger partial charge in [0.15, 0.2) is 46.0 Å². The fraction of sp³-hybridized carbons (Fsp3) is 0.312. The number of carbonyl (C=O) groups excluding carboxylic acids is 2. The molecule has 1 amide bonds. The molecular formula is C32H35NO21S. The Bertz CT molecular complexity index is 2040. The number of ether oxygens (including phenoxy) is 2. The van der Waals surface area contributed by atoms with Crippen LogP contribution < -0.4 is 14.8 Å². The van der Waals surface area contributed by atoms with Gasteiger partial charge >= 0.3 is 12.1 Å². The van der Waals surface area contributed by atoms with Crippen LogP contribution in [-0.4, -0.2) is 122 Å². The zero-order valence-electron chi connectivity index (χ0n) is 28.4. The van der Waals surface area contributed by atoms with Crippen LogP contribution in [-0.2, 0) is 26.2 Å². The van der Waals surface area contributed by atoms with E-state index in [9.17, 15) is 80.2 Å². The second kappa shape index (κ2) is 15.8. The Balaban J connectivity index is 1.93. The number of benzene rings is 3. The van der Waals surface area contributed by atoms with Crippen molar-refractivity contribution in [1.82, 2.24) is 5.32 Å². The van der Waals surface area contributed by atoms with E-state index in [2.05, 4.69) is 4.74 Å². The molecule has 0 aliphatic heterocycles. The fourth-order valence-corrected chi connectivity index (χ4v) is 6.42. The first-order chi connectivity index (χ1) is 25.2. The molecule has 0 aromatic heterocycles. The van der Waals surface area contributed by atoms with E-state index in [4.69, 9.17) is 20.1 Å². The molecule has 23 heteroatoms. The summed E-state index contributed by atoms with van der Waals surface area (Å²) >= 11 is 0. The third-order valence-electron chi connectivity index (χ3n) is 7.67. The van der Waals surface area contributed by atoms with E-state index in [1.54, 1.807) is 0 Å². The van der Waals surface area contributed by atoms with Gasteiger partial charge in [0.25, 0.3) is 5.79 Å². The van der Waals surface area contributed by atoms with Gasteiger partial charge in [0.05, 0.1) is 17.4 Å². The van der Waals surface area contributed by atoms with Crippen molar-refractivity contribution in [3.05, 3.63) is 40.5 Å². The van der Waals surface area contributed by atoms with Crippen LogP contribution in [0.25, 0.3) is 0 Å². The van der Waals surface area contributed by atoms with E-state index in [0.717, 1.165) is 19.9 Å². The number of aromatic hydroxyl groups is 9. The van der Waals surface area contributed by atoms with Crippen LogP contribution in [0.4, 0.5) is 0 Å². The maximum absolute atomic E-state index is 13.6. The summed E-state index contributed by atoms with van der Waals surface area (Å²) in [4.78, 5) is 25.5. The number of amides is 1. The summed E-state index contributed by atoms with van der Waals surface area (Å²) in [6.07, 6.45) is -4.91. The molecule has 55 heavy (non-hydrogen) atoms. The number of ketones is 1. The Labute approximate surface area is 310 Å². The molecule has 0 radical (unpaired) electrons. The maximum atomic E-state index is 13.6. The number of aliphatic hydroxyl groups is 7. The van der Waals surface area contributed by atoms with Gasteiger partial charge in [-0.05, 0) is 39.0 Å². The molecular weight excluding hydrogens is 766 g/mol. The van der Waals surface area contributed by atoms with Crippen LogP contribution >= 0.6 is 0 Å².